The second-order valence-electron chi connectivity index (χ2n) is 6.53. The van der Waals surface area contributed by atoms with Crippen LogP contribution in [-0.2, 0) is 22.5 Å². The van der Waals surface area contributed by atoms with Crippen molar-refractivity contribution >= 4 is 46.0 Å². The van der Waals surface area contributed by atoms with E-state index in [1.54, 1.807) is 24.1 Å². The molecular weight excluding hydrogens is 429 g/mol. The van der Waals surface area contributed by atoms with Crippen molar-refractivity contribution in [2.75, 3.05) is 31.8 Å². The van der Waals surface area contributed by atoms with Crippen molar-refractivity contribution in [3.8, 4) is 0 Å². The Labute approximate surface area is 182 Å². The zero-order chi connectivity index (χ0) is 21.7. The van der Waals surface area contributed by atoms with Gasteiger partial charge < -0.3 is 20.3 Å². The van der Waals surface area contributed by atoms with Crippen molar-refractivity contribution in [1.29, 1.82) is 0 Å². The van der Waals surface area contributed by atoms with E-state index in [-0.39, 0.29) is 24.1 Å². The van der Waals surface area contributed by atoms with Crippen LogP contribution in [0, 0.1) is 5.82 Å². The zero-order valence-electron chi connectivity index (χ0n) is 16.6. The summed E-state index contributed by atoms with van der Waals surface area (Å²) in [6.07, 6.45) is 0.338. The predicted octanol–water partition coefficient (Wildman–Crippen LogP) is 3.49. The molecule has 0 saturated carbocycles. The fourth-order valence-electron chi connectivity index (χ4n) is 3.12. The molecule has 0 unspecified atom stereocenters. The molecule has 1 aliphatic heterocycles. The van der Waals surface area contributed by atoms with Crippen molar-refractivity contribution < 1.29 is 23.5 Å². The van der Waals surface area contributed by atoms with Crippen LogP contribution in [0.4, 0.5) is 14.2 Å². The highest BCUT2D eigenvalue weighted by Crippen LogP contribution is 2.37. The summed E-state index contributed by atoms with van der Waals surface area (Å²) in [5, 5.41) is 5.96. The van der Waals surface area contributed by atoms with Crippen LogP contribution in [0.2, 0.25) is 0 Å². The van der Waals surface area contributed by atoms with Crippen LogP contribution in [0.3, 0.4) is 0 Å². The van der Waals surface area contributed by atoms with E-state index in [1.807, 2.05) is 0 Å². The number of benzene rings is 1. The SMILES string of the molecule is CNC(=O)c1c(NC(=O)CCSc2ccc(F)cc2)sc2c1CCN(C(=O)OC)C2. The Morgan fingerprint density at radius 2 is 2.00 bits per heavy atom. The van der Waals surface area contributed by atoms with E-state index in [0.717, 1.165) is 15.3 Å². The minimum Gasteiger partial charge on any atom is -0.453 e. The van der Waals surface area contributed by atoms with Gasteiger partial charge in [-0.25, -0.2) is 9.18 Å². The largest absolute Gasteiger partial charge is 0.453 e. The van der Waals surface area contributed by atoms with E-state index in [9.17, 15) is 18.8 Å². The number of methoxy groups -OCH3 is 1. The third-order valence-corrected chi connectivity index (χ3v) is 6.75. The number of nitrogens with zero attached hydrogens (tertiary/aromatic N) is 1. The first kappa shape index (κ1) is 22.1. The Bertz CT molecular complexity index is 946. The van der Waals surface area contributed by atoms with Crippen LogP contribution in [0.1, 0.15) is 27.2 Å². The number of thioether (sulfide) groups is 1. The van der Waals surface area contributed by atoms with Crippen molar-refractivity contribution in [2.45, 2.75) is 24.3 Å². The Morgan fingerprint density at radius 3 is 2.67 bits per heavy atom. The molecule has 1 aromatic carbocycles. The summed E-state index contributed by atoms with van der Waals surface area (Å²) in [6.45, 7) is 0.787. The van der Waals surface area contributed by atoms with Gasteiger partial charge in [0.2, 0.25) is 5.91 Å². The first-order chi connectivity index (χ1) is 14.4. The van der Waals surface area contributed by atoms with Crippen LogP contribution in [-0.4, -0.2) is 49.3 Å². The van der Waals surface area contributed by atoms with Crippen molar-refractivity contribution in [3.63, 3.8) is 0 Å². The Morgan fingerprint density at radius 1 is 1.27 bits per heavy atom. The van der Waals surface area contributed by atoms with Gasteiger partial charge in [-0.1, -0.05) is 0 Å². The maximum absolute atomic E-state index is 13.0. The molecule has 0 atom stereocenters. The molecule has 0 saturated heterocycles. The third kappa shape index (κ3) is 5.11. The molecule has 1 aromatic heterocycles. The Hall–Kier alpha value is -2.59. The fourth-order valence-corrected chi connectivity index (χ4v) is 5.25. The number of fused-ring (bicyclic) bond motifs is 1. The number of halogens is 1. The molecule has 0 bridgehead atoms. The number of amides is 3. The van der Waals surface area contributed by atoms with Gasteiger partial charge in [-0.05, 0) is 36.2 Å². The fraction of sp³-hybridized carbons (Fsp3) is 0.350. The molecule has 0 aliphatic carbocycles. The summed E-state index contributed by atoms with van der Waals surface area (Å²) < 4.78 is 17.7. The van der Waals surface area contributed by atoms with E-state index in [2.05, 4.69) is 10.6 Å². The van der Waals surface area contributed by atoms with Crippen molar-refractivity contribution in [1.82, 2.24) is 10.2 Å². The van der Waals surface area contributed by atoms with Crippen molar-refractivity contribution in [3.05, 3.63) is 46.1 Å². The lowest BCUT2D eigenvalue weighted by atomic mass is 10.0. The number of ether oxygens (including phenoxy) is 1. The van der Waals surface area contributed by atoms with E-state index >= 15 is 0 Å². The minimum absolute atomic E-state index is 0.210. The maximum Gasteiger partial charge on any atom is 0.409 e. The zero-order valence-corrected chi connectivity index (χ0v) is 18.3. The summed E-state index contributed by atoms with van der Waals surface area (Å²) in [7, 11) is 2.87. The Balaban J connectivity index is 1.68. The minimum atomic E-state index is -0.418. The molecule has 0 radical (unpaired) electrons. The van der Waals surface area contributed by atoms with Crippen LogP contribution in [0.15, 0.2) is 29.2 Å². The standard InChI is InChI=1S/C20H22FN3O4S2/c1-22-18(26)17-14-7-9-24(20(27)28-2)11-15(14)30-19(17)23-16(25)8-10-29-13-5-3-12(21)4-6-13/h3-6H,7-11H2,1-2H3,(H,22,26)(H,23,25). The molecule has 0 fully saturated rings. The maximum atomic E-state index is 13.0. The van der Waals surface area contributed by atoms with Crippen LogP contribution >= 0.6 is 23.1 Å². The summed E-state index contributed by atoms with van der Waals surface area (Å²) in [6, 6.07) is 6.10. The van der Waals surface area contributed by atoms with Crippen LogP contribution in [0.25, 0.3) is 0 Å². The molecule has 1 aliphatic rings. The molecule has 2 heterocycles. The molecule has 30 heavy (non-hydrogen) atoms. The average molecular weight is 452 g/mol. The summed E-state index contributed by atoms with van der Waals surface area (Å²) in [5.41, 5.74) is 1.32. The number of thiophene rings is 1. The molecule has 10 heteroatoms. The normalized spacial score (nSPS) is 12.8. The number of anilines is 1. The van der Waals surface area contributed by atoms with E-state index < -0.39 is 6.09 Å². The van der Waals surface area contributed by atoms with Gasteiger partial charge in [0.15, 0.2) is 0 Å². The monoisotopic (exact) mass is 451 g/mol. The number of carbonyl (C=O) groups is 3. The molecule has 0 spiro atoms. The first-order valence-electron chi connectivity index (χ1n) is 9.30. The second kappa shape index (κ2) is 9.94. The summed E-state index contributed by atoms with van der Waals surface area (Å²) in [4.78, 5) is 40.0. The summed E-state index contributed by atoms with van der Waals surface area (Å²) in [5.74, 6) is -0.256. The van der Waals surface area contributed by atoms with Crippen LogP contribution < -0.4 is 10.6 Å². The second-order valence-corrected chi connectivity index (χ2v) is 8.80. The number of rotatable bonds is 6. The van der Waals surface area contributed by atoms with Crippen molar-refractivity contribution in [2.24, 2.45) is 0 Å². The van der Waals surface area contributed by atoms with E-state index in [4.69, 9.17) is 4.74 Å². The average Bonchev–Trinajstić information content (AvgIpc) is 3.10. The topological polar surface area (TPSA) is 87.7 Å². The van der Waals surface area contributed by atoms with Gasteiger partial charge in [-0.2, -0.15) is 0 Å². The highest BCUT2D eigenvalue weighted by molar-refractivity contribution is 7.99. The smallest absolute Gasteiger partial charge is 0.409 e. The lowest BCUT2D eigenvalue weighted by Gasteiger charge is -2.25. The van der Waals surface area contributed by atoms with Gasteiger partial charge in [-0.3, -0.25) is 9.59 Å². The lowest BCUT2D eigenvalue weighted by molar-refractivity contribution is -0.115. The quantitative estimate of drug-likeness (QED) is 0.657. The van der Waals surface area contributed by atoms with E-state index in [0.29, 0.717) is 35.8 Å². The predicted molar refractivity (Wildman–Crippen MR) is 115 cm³/mol. The van der Waals surface area contributed by atoms with Gasteiger partial charge in [-0.15, -0.1) is 23.1 Å². The number of carbonyl (C=O) groups excluding carboxylic acids is 3. The van der Waals surface area contributed by atoms with Gasteiger partial charge in [0, 0.05) is 35.5 Å². The lowest BCUT2D eigenvalue weighted by Crippen LogP contribution is -2.35. The summed E-state index contributed by atoms with van der Waals surface area (Å²) >= 11 is 2.76. The third-order valence-electron chi connectivity index (χ3n) is 4.61. The molecule has 3 amide bonds. The van der Waals surface area contributed by atoms with Gasteiger partial charge >= 0.3 is 6.09 Å². The molecule has 2 aromatic rings. The van der Waals surface area contributed by atoms with Gasteiger partial charge in [0.25, 0.3) is 5.91 Å². The van der Waals surface area contributed by atoms with Gasteiger partial charge in [0.05, 0.1) is 19.2 Å². The number of hydrogen-bond acceptors (Lipinski definition) is 6. The highest BCUT2D eigenvalue weighted by Gasteiger charge is 2.30. The van der Waals surface area contributed by atoms with E-state index in [1.165, 1.54) is 42.3 Å². The number of nitrogens with one attached hydrogen (secondary N) is 2. The number of hydrogen-bond donors (Lipinski definition) is 2. The Kier molecular flexibility index (Phi) is 7.33. The first-order valence-corrected chi connectivity index (χ1v) is 11.1. The van der Waals surface area contributed by atoms with Gasteiger partial charge in [0.1, 0.15) is 10.8 Å². The molecule has 3 rings (SSSR count). The molecular formula is C20H22FN3O4S2. The molecule has 7 nitrogen and oxygen atoms in total. The highest BCUT2D eigenvalue weighted by atomic mass is 32.2. The molecule has 2 N–H and O–H groups in total. The van der Waals surface area contributed by atoms with Crippen LogP contribution in [0.5, 0.6) is 0 Å². The molecule has 160 valence electrons.